The Labute approximate surface area is 127 Å². The second kappa shape index (κ2) is 7.38. The van der Waals surface area contributed by atoms with E-state index in [-0.39, 0.29) is 0 Å². The van der Waals surface area contributed by atoms with Gasteiger partial charge in [-0.2, -0.15) is 0 Å². The first-order valence-corrected chi connectivity index (χ1v) is 8.63. The molecule has 0 spiro atoms. The van der Waals surface area contributed by atoms with Crippen LogP contribution in [0.3, 0.4) is 0 Å². The van der Waals surface area contributed by atoms with Crippen LogP contribution < -0.4 is 10.2 Å². The van der Waals surface area contributed by atoms with E-state index in [4.69, 9.17) is 4.98 Å². The molecule has 1 aliphatic rings. The summed E-state index contributed by atoms with van der Waals surface area (Å²) >= 11 is 1.88. The van der Waals surface area contributed by atoms with Gasteiger partial charge in [-0.25, -0.2) is 4.98 Å². The predicted octanol–water partition coefficient (Wildman–Crippen LogP) is 2.35. The van der Waals surface area contributed by atoms with Crippen LogP contribution in [0.25, 0.3) is 0 Å². The van der Waals surface area contributed by atoms with Gasteiger partial charge in [0.15, 0.2) is 5.13 Å². The van der Waals surface area contributed by atoms with Crippen LogP contribution in [0.1, 0.15) is 37.8 Å². The van der Waals surface area contributed by atoms with Crippen molar-refractivity contribution in [3.05, 3.63) is 10.6 Å². The molecule has 0 amide bonds. The number of thiazole rings is 1. The molecule has 1 N–H and O–H groups in total. The van der Waals surface area contributed by atoms with Gasteiger partial charge in [-0.1, -0.05) is 20.3 Å². The smallest absolute Gasteiger partial charge is 0.185 e. The molecule has 0 radical (unpaired) electrons. The molecule has 1 atom stereocenters. The number of rotatable bonds is 6. The third-order valence-electron chi connectivity index (χ3n) is 4.03. The van der Waals surface area contributed by atoms with Gasteiger partial charge in [0.25, 0.3) is 0 Å². The summed E-state index contributed by atoms with van der Waals surface area (Å²) in [5.74, 6) is 0. The van der Waals surface area contributed by atoms with Crippen molar-refractivity contribution in [2.75, 3.05) is 38.1 Å². The van der Waals surface area contributed by atoms with Crippen molar-refractivity contribution in [1.82, 2.24) is 15.2 Å². The van der Waals surface area contributed by atoms with Crippen molar-refractivity contribution >= 4 is 16.5 Å². The Morgan fingerprint density at radius 2 is 2.15 bits per heavy atom. The minimum absolute atomic E-state index is 0.625. The molecule has 2 heterocycles. The molecule has 0 aromatic carbocycles. The Bertz CT molecular complexity index is 395. The van der Waals surface area contributed by atoms with Gasteiger partial charge in [-0.15, -0.1) is 11.3 Å². The molecule has 0 aliphatic carbocycles. The number of likely N-dealkylation sites (N-methyl/N-ethyl adjacent to an activating group) is 1. The maximum absolute atomic E-state index is 4.91. The lowest BCUT2D eigenvalue weighted by Crippen LogP contribution is -2.51. The van der Waals surface area contributed by atoms with E-state index in [2.05, 4.69) is 35.9 Å². The van der Waals surface area contributed by atoms with E-state index in [1.807, 2.05) is 18.4 Å². The fourth-order valence-electron chi connectivity index (χ4n) is 2.87. The van der Waals surface area contributed by atoms with E-state index in [0.717, 1.165) is 39.1 Å². The number of hydrogen-bond donors (Lipinski definition) is 1. The first kappa shape index (κ1) is 15.7. The van der Waals surface area contributed by atoms with Gasteiger partial charge in [0.1, 0.15) is 0 Å². The summed E-state index contributed by atoms with van der Waals surface area (Å²) in [4.78, 5) is 11.3. The Balaban J connectivity index is 2.10. The van der Waals surface area contributed by atoms with Crippen LogP contribution in [0.4, 0.5) is 5.13 Å². The summed E-state index contributed by atoms with van der Waals surface area (Å²) in [5, 5.41) is 4.49. The fraction of sp³-hybridized carbons (Fsp3) is 0.800. The maximum Gasteiger partial charge on any atom is 0.185 e. The van der Waals surface area contributed by atoms with E-state index in [9.17, 15) is 0 Å². The van der Waals surface area contributed by atoms with Gasteiger partial charge >= 0.3 is 0 Å². The topological polar surface area (TPSA) is 31.4 Å². The molecule has 0 bridgehead atoms. The van der Waals surface area contributed by atoms with E-state index in [0.29, 0.717) is 6.04 Å². The molecule has 0 saturated carbocycles. The molecule has 1 fully saturated rings. The predicted molar refractivity (Wildman–Crippen MR) is 87.8 cm³/mol. The van der Waals surface area contributed by atoms with E-state index in [1.54, 1.807) is 0 Å². The van der Waals surface area contributed by atoms with Crippen LogP contribution in [-0.4, -0.2) is 49.2 Å². The molecule has 20 heavy (non-hydrogen) atoms. The second-order valence-corrected chi connectivity index (χ2v) is 6.63. The SMILES string of the molecule is CCCc1nc(N2CCN(CC)C(C)C2)sc1CNC. The zero-order chi connectivity index (χ0) is 14.5. The standard InChI is InChI=1S/C15H28N4S/c1-5-7-13-14(10-16-4)20-15(17-13)19-9-8-18(6-2)12(3)11-19/h12,16H,5-11H2,1-4H3. The fourth-order valence-corrected chi connectivity index (χ4v) is 4.03. The highest BCUT2D eigenvalue weighted by molar-refractivity contribution is 7.15. The number of aromatic nitrogens is 1. The lowest BCUT2D eigenvalue weighted by Gasteiger charge is -2.39. The first-order valence-electron chi connectivity index (χ1n) is 7.81. The highest BCUT2D eigenvalue weighted by Crippen LogP contribution is 2.29. The molecule has 114 valence electrons. The molecular formula is C15H28N4S. The van der Waals surface area contributed by atoms with Gasteiger partial charge in [0.2, 0.25) is 0 Å². The molecule has 4 nitrogen and oxygen atoms in total. The van der Waals surface area contributed by atoms with E-state index in [1.165, 1.54) is 22.1 Å². The van der Waals surface area contributed by atoms with E-state index >= 15 is 0 Å². The van der Waals surface area contributed by atoms with Crippen LogP contribution in [0.2, 0.25) is 0 Å². The summed E-state index contributed by atoms with van der Waals surface area (Å²) in [6, 6.07) is 0.625. The summed E-state index contributed by atoms with van der Waals surface area (Å²) in [6.07, 6.45) is 2.26. The van der Waals surface area contributed by atoms with Crippen molar-refractivity contribution in [3.63, 3.8) is 0 Å². The van der Waals surface area contributed by atoms with Crippen molar-refractivity contribution in [3.8, 4) is 0 Å². The third kappa shape index (κ3) is 3.51. The van der Waals surface area contributed by atoms with Crippen LogP contribution >= 0.6 is 11.3 Å². The number of aryl methyl sites for hydroxylation is 1. The Morgan fingerprint density at radius 3 is 2.75 bits per heavy atom. The molecule has 1 aliphatic heterocycles. The highest BCUT2D eigenvalue weighted by Gasteiger charge is 2.25. The Kier molecular flexibility index (Phi) is 5.81. The van der Waals surface area contributed by atoms with Crippen molar-refractivity contribution < 1.29 is 0 Å². The zero-order valence-electron chi connectivity index (χ0n) is 13.3. The maximum atomic E-state index is 4.91. The highest BCUT2D eigenvalue weighted by atomic mass is 32.1. The van der Waals surface area contributed by atoms with E-state index < -0.39 is 0 Å². The van der Waals surface area contributed by atoms with Crippen molar-refractivity contribution in [2.45, 2.75) is 46.2 Å². The average molecular weight is 296 g/mol. The normalized spacial score (nSPS) is 20.6. The van der Waals surface area contributed by atoms with Gasteiger partial charge < -0.3 is 10.2 Å². The minimum Gasteiger partial charge on any atom is -0.345 e. The monoisotopic (exact) mass is 296 g/mol. The number of anilines is 1. The van der Waals surface area contributed by atoms with Crippen molar-refractivity contribution in [1.29, 1.82) is 0 Å². The summed E-state index contributed by atoms with van der Waals surface area (Å²) in [7, 11) is 2.01. The first-order chi connectivity index (χ1) is 9.69. The summed E-state index contributed by atoms with van der Waals surface area (Å²) in [6.45, 7) is 12.3. The summed E-state index contributed by atoms with van der Waals surface area (Å²) in [5.41, 5.74) is 1.30. The Morgan fingerprint density at radius 1 is 1.35 bits per heavy atom. The second-order valence-electron chi connectivity index (χ2n) is 5.57. The molecule has 1 aromatic heterocycles. The largest absolute Gasteiger partial charge is 0.345 e. The minimum atomic E-state index is 0.625. The van der Waals surface area contributed by atoms with Gasteiger partial charge in [0.05, 0.1) is 5.69 Å². The van der Waals surface area contributed by atoms with Crippen LogP contribution in [0, 0.1) is 0 Å². The number of nitrogens with zero attached hydrogens (tertiary/aromatic N) is 3. The molecule has 2 rings (SSSR count). The van der Waals surface area contributed by atoms with Crippen LogP contribution in [-0.2, 0) is 13.0 Å². The molecule has 1 aromatic rings. The molecule has 1 unspecified atom stereocenters. The molecule has 5 heteroatoms. The number of nitrogens with one attached hydrogen (secondary N) is 1. The lowest BCUT2D eigenvalue weighted by atomic mass is 10.2. The number of hydrogen-bond acceptors (Lipinski definition) is 5. The Hall–Kier alpha value is -0.650. The zero-order valence-corrected chi connectivity index (χ0v) is 14.1. The third-order valence-corrected chi connectivity index (χ3v) is 5.19. The molecular weight excluding hydrogens is 268 g/mol. The lowest BCUT2D eigenvalue weighted by molar-refractivity contribution is 0.199. The van der Waals surface area contributed by atoms with Crippen LogP contribution in [0.5, 0.6) is 0 Å². The van der Waals surface area contributed by atoms with Crippen LogP contribution in [0.15, 0.2) is 0 Å². The molecule has 1 saturated heterocycles. The van der Waals surface area contributed by atoms with Gasteiger partial charge in [-0.3, -0.25) is 4.90 Å². The van der Waals surface area contributed by atoms with Gasteiger partial charge in [-0.05, 0) is 26.9 Å². The van der Waals surface area contributed by atoms with Crippen molar-refractivity contribution in [2.24, 2.45) is 0 Å². The van der Waals surface area contributed by atoms with Gasteiger partial charge in [0, 0.05) is 37.1 Å². The number of piperazine rings is 1. The summed E-state index contributed by atoms with van der Waals surface area (Å²) < 4.78 is 0. The quantitative estimate of drug-likeness (QED) is 0.873. The average Bonchev–Trinajstić information content (AvgIpc) is 2.83.